The molecule has 0 aliphatic heterocycles. The van der Waals surface area contributed by atoms with Gasteiger partial charge >= 0.3 is 0 Å². The molecule has 108 valence electrons. The molecule has 20 heavy (non-hydrogen) atoms. The van der Waals surface area contributed by atoms with Crippen LogP contribution in [0.4, 0.5) is 11.6 Å². The van der Waals surface area contributed by atoms with E-state index in [1.54, 1.807) is 18.4 Å². The van der Waals surface area contributed by atoms with Gasteiger partial charge in [-0.15, -0.1) is 11.3 Å². The quantitative estimate of drug-likeness (QED) is 0.818. The molecule has 0 amide bonds. The Morgan fingerprint density at radius 3 is 2.65 bits per heavy atom. The molecular weight excluding hydrogens is 274 g/mol. The van der Waals surface area contributed by atoms with E-state index in [0.717, 1.165) is 18.0 Å². The highest BCUT2D eigenvalue weighted by molar-refractivity contribution is 7.09. The maximum absolute atomic E-state index is 5.42. The molecule has 0 fully saturated rings. The van der Waals surface area contributed by atoms with Crippen LogP contribution in [0.1, 0.15) is 31.3 Å². The maximum atomic E-state index is 5.42. The first kappa shape index (κ1) is 14.5. The molecule has 0 saturated carbocycles. The number of aromatic nitrogens is 3. The van der Waals surface area contributed by atoms with Crippen molar-refractivity contribution >= 4 is 23.0 Å². The molecule has 0 saturated heterocycles. The summed E-state index contributed by atoms with van der Waals surface area (Å²) in [6.07, 6.45) is 4.25. The minimum atomic E-state index is 0.119. The number of methoxy groups -OCH3 is 1. The van der Waals surface area contributed by atoms with E-state index in [4.69, 9.17) is 4.74 Å². The molecule has 1 unspecified atom stereocenters. The van der Waals surface area contributed by atoms with Gasteiger partial charge in [-0.3, -0.25) is 0 Å². The summed E-state index contributed by atoms with van der Waals surface area (Å²) in [5, 5.41) is 9.56. The van der Waals surface area contributed by atoms with Crippen molar-refractivity contribution in [3.8, 4) is 5.75 Å². The van der Waals surface area contributed by atoms with E-state index in [9.17, 15) is 0 Å². The number of thiazole rings is 1. The first-order valence-corrected chi connectivity index (χ1v) is 7.46. The largest absolute Gasteiger partial charge is 0.490 e. The number of hydrogen-bond acceptors (Lipinski definition) is 7. The van der Waals surface area contributed by atoms with Crippen LogP contribution in [0.2, 0.25) is 0 Å². The number of nitrogens with zero attached hydrogens (tertiary/aromatic N) is 3. The molecule has 2 aromatic heterocycles. The Bertz CT molecular complexity index is 532. The molecule has 2 rings (SSSR count). The van der Waals surface area contributed by atoms with Crippen molar-refractivity contribution in [1.29, 1.82) is 0 Å². The first-order valence-electron chi connectivity index (χ1n) is 6.58. The van der Waals surface area contributed by atoms with Gasteiger partial charge in [-0.2, -0.15) is 0 Å². The summed E-state index contributed by atoms with van der Waals surface area (Å²) in [4.78, 5) is 12.8. The molecule has 0 spiro atoms. The molecule has 0 bridgehead atoms. The zero-order valence-corrected chi connectivity index (χ0v) is 12.7. The van der Waals surface area contributed by atoms with Crippen LogP contribution in [0.15, 0.2) is 17.9 Å². The molecular formula is C13H19N5OS. The lowest BCUT2D eigenvalue weighted by atomic mass is 10.2. The van der Waals surface area contributed by atoms with Gasteiger partial charge in [0.1, 0.15) is 11.3 Å². The van der Waals surface area contributed by atoms with E-state index < -0.39 is 0 Å². The number of rotatable bonds is 7. The van der Waals surface area contributed by atoms with E-state index >= 15 is 0 Å². The summed E-state index contributed by atoms with van der Waals surface area (Å²) in [5.41, 5.74) is 0. The van der Waals surface area contributed by atoms with Gasteiger partial charge in [-0.1, -0.05) is 6.92 Å². The van der Waals surface area contributed by atoms with Gasteiger partial charge in [-0.25, -0.2) is 15.0 Å². The topological polar surface area (TPSA) is 72.0 Å². The van der Waals surface area contributed by atoms with Crippen molar-refractivity contribution in [2.75, 3.05) is 24.3 Å². The Kier molecular flexibility index (Phi) is 5.11. The molecule has 0 aliphatic carbocycles. The van der Waals surface area contributed by atoms with Gasteiger partial charge in [-0.05, 0) is 13.3 Å². The maximum Gasteiger partial charge on any atom is 0.204 e. The first-order chi connectivity index (χ1) is 9.80. The minimum absolute atomic E-state index is 0.119. The molecule has 0 radical (unpaired) electrons. The van der Waals surface area contributed by atoms with Gasteiger partial charge in [0.25, 0.3) is 0 Å². The van der Waals surface area contributed by atoms with Gasteiger partial charge < -0.3 is 15.4 Å². The second kappa shape index (κ2) is 7.04. The highest BCUT2D eigenvalue weighted by Crippen LogP contribution is 2.32. The summed E-state index contributed by atoms with van der Waals surface area (Å²) in [5.74, 6) is 2.01. The van der Waals surface area contributed by atoms with Crippen molar-refractivity contribution in [3.05, 3.63) is 22.9 Å². The molecule has 2 aromatic rings. The van der Waals surface area contributed by atoms with Gasteiger partial charge in [0.05, 0.1) is 13.2 Å². The predicted octanol–water partition coefficient (Wildman–Crippen LogP) is 2.94. The van der Waals surface area contributed by atoms with Gasteiger partial charge in [0.15, 0.2) is 11.6 Å². The summed E-state index contributed by atoms with van der Waals surface area (Å²) in [6.45, 7) is 4.90. The number of ether oxygens (including phenoxy) is 1. The van der Waals surface area contributed by atoms with Crippen molar-refractivity contribution in [2.24, 2.45) is 0 Å². The van der Waals surface area contributed by atoms with Crippen LogP contribution in [-0.2, 0) is 0 Å². The van der Waals surface area contributed by atoms with Crippen molar-refractivity contribution in [2.45, 2.75) is 26.3 Å². The number of nitrogens with one attached hydrogen (secondary N) is 2. The molecule has 7 heteroatoms. The third-order valence-electron chi connectivity index (χ3n) is 2.82. The lowest BCUT2D eigenvalue weighted by Gasteiger charge is -2.18. The van der Waals surface area contributed by atoms with Crippen LogP contribution in [0.3, 0.4) is 0 Å². The number of hydrogen-bond donors (Lipinski definition) is 2. The monoisotopic (exact) mass is 293 g/mol. The molecule has 1 atom stereocenters. The Balaban J connectivity index is 2.25. The fraction of sp³-hybridized carbons (Fsp3) is 0.462. The lowest BCUT2D eigenvalue weighted by molar-refractivity contribution is 0.414. The normalized spacial score (nSPS) is 11.9. The smallest absolute Gasteiger partial charge is 0.204 e. The Hall–Kier alpha value is -1.89. The molecule has 2 N–H and O–H groups in total. The van der Waals surface area contributed by atoms with Crippen LogP contribution in [0.5, 0.6) is 5.75 Å². The second-order valence-corrected chi connectivity index (χ2v) is 5.04. The second-order valence-electron chi connectivity index (χ2n) is 4.11. The fourth-order valence-electron chi connectivity index (χ4n) is 1.87. The summed E-state index contributed by atoms with van der Waals surface area (Å²) >= 11 is 1.63. The van der Waals surface area contributed by atoms with Crippen LogP contribution in [0, 0.1) is 0 Å². The van der Waals surface area contributed by atoms with Gasteiger partial charge in [0, 0.05) is 18.1 Å². The van der Waals surface area contributed by atoms with E-state index in [1.807, 2.05) is 18.5 Å². The predicted molar refractivity (Wildman–Crippen MR) is 81.5 cm³/mol. The van der Waals surface area contributed by atoms with Gasteiger partial charge in [0.2, 0.25) is 5.75 Å². The average Bonchev–Trinajstić information content (AvgIpc) is 2.99. The molecule has 0 aromatic carbocycles. The minimum Gasteiger partial charge on any atom is -0.490 e. The Morgan fingerprint density at radius 2 is 2.05 bits per heavy atom. The van der Waals surface area contributed by atoms with E-state index in [2.05, 4.69) is 32.5 Å². The van der Waals surface area contributed by atoms with E-state index in [1.165, 1.54) is 6.33 Å². The third kappa shape index (κ3) is 3.16. The van der Waals surface area contributed by atoms with Crippen molar-refractivity contribution in [3.63, 3.8) is 0 Å². The SMILES string of the molecule is CCNc1ncnc(NC(CC)c2nccs2)c1OC. The standard InChI is InChI=1S/C13H19N5OS/c1-4-9(13-15-6-7-20-13)18-12-10(19-3)11(14-5-2)16-8-17-12/h6-9H,4-5H2,1-3H3,(H2,14,16,17,18). The van der Waals surface area contributed by atoms with Crippen LogP contribution in [0.25, 0.3) is 0 Å². The molecule has 2 heterocycles. The Morgan fingerprint density at radius 1 is 1.25 bits per heavy atom. The third-order valence-corrected chi connectivity index (χ3v) is 3.71. The molecule has 0 aliphatic rings. The van der Waals surface area contributed by atoms with E-state index in [-0.39, 0.29) is 6.04 Å². The summed E-state index contributed by atoms with van der Waals surface area (Å²) in [7, 11) is 1.62. The fourth-order valence-corrected chi connectivity index (χ4v) is 2.65. The Labute approximate surface area is 122 Å². The highest BCUT2D eigenvalue weighted by Gasteiger charge is 2.17. The zero-order valence-electron chi connectivity index (χ0n) is 11.9. The lowest BCUT2D eigenvalue weighted by Crippen LogP contribution is -2.13. The van der Waals surface area contributed by atoms with Crippen molar-refractivity contribution in [1.82, 2.24) is 15.0 Å². The number of anilines is 2. The van der Waals surface area contributed by atoms with Crippen LogP contribution in [-0.4, -0.2) is 28.6 Å². The molecule has 6 nitrogen and oxygen atoms in total. The summed E-state index contributed by atoms with van der Waals surface area (Å²) in [6, 6.07) is 0.119. The van der Waals surface area contributed by atoms with Crippen molar-refractivity contribution < 1.29 is 4.74 Å². The van der Waals surface area contributed by atoms with Crippen LogP contribution < -0.4 is 15.4 Å². The highest BCUT2D eigenvalue weighted by atomic mass is 32.1. The van der Waals surface area contributed by atoms with Crippen LogP contribution >= 0.6 is 11.3 Å². The zero-order chi connectivity index (χ0) is 14.4. The summed E-state index contributed by atoms with van der Waals surface area (Å²) < 4.78 is 5.42. The average molecular weight is 293 g/mol. The van der Waals surface area contributed by atoms with E-state index in [0.29, 0.717) is 17.4 Å².